The van der Waals surface area contributed by atoms with Crippen LogP contribution < -0.4 is 5.32 Å². The number of aryl methyl sites for hydroxylation is 1. The van der Waals surface area contributed by atoms with Crippen molar-refractivity contribution < 1.29 is 18.8 Å². The van der Waals surface area contributed by atoms with Crippen molar-refractivity contribution in [2.45, 2.75) is 46.0 Å². The molecule has 7 nitrogen and oxygen atoms in total. The maximum atomic E-state index is 12.7. The van der Waals surface area contributed by atoms with Crippen molar-refractivity contribution >= 4 is 17.6 Å². The molecule has 0 unspecified atom stereocenters. The SMILES string of the molecule is CCOCCCN(CC(=O)Nc1cc(C)on1)C(=O)C1CCCC1. The number of amides is 2. The summed E-state index contributed by atoms with van der Waals surface area (Å²) >= 11 is 0. The van der Waals surface area contributed by atoms with Gasteiger partial charge in [-0.2, -0.15) is 0 Å². The van der Waals surface area contributed by atoms with Crippen LogP contribution >= 0.6 is 0 Å². The van der Waals surface area contributed by atoms with Gasteiger partial charge in [0, 0.05) is 31.7 Å². The van der Waals surface area contributed by atoms with Crippen LogP contribution in [-0.4, -0.2) is 48.2 Å². The zero-order valence-corrected chi connectivity index (χ0v) is 14.5. The lowest BCUT2D eigenvalue weighted by atomic mass is 10.1. The van der Waals surface area contributed by atoms with Crippen LogP contribution in [0.5, 0.6) is 0 Å². The standard InChI is InChI=1S/C17H27N3O4/c1-3-23-10-6-9-20(17(22)14-7-4-5-8-14)12-16(21)18-15-11-13(2)24-19-15/h11,14H,3-10,12H2,1-2H3,(H,18,19,21). The van der Waals surface area contributed by atoms with Gasteiger partial charge in [0.05, 0.1) is 6.54 Å². The van der Waals surface area contributed by atoms with Gasteiger partial charge < -0.3 is 19.5 Å². The van der Waals surface area contributed by atoms with Crippen LogP contribution in [0.3, 0.4) is 0 Å². The Morgan fingerprint density at radius 1 is 1.42 bits per heavy atom. The summed E-state index contributed by atoms with van der Waals surface area (Å²) in [6.07, 6.45) is 4.75. The van der Waals surface area contributed by atoms with Crippen molar-refractivity contribution in [2.75, 3.05) is 31.6 Å². The van der Waals surface area contributed by atoms with Crippen molar-refractivity contribution in [1.29, 1.82) is 0 Å². The second-order valence-electron chi connectivity index (χ2n) is 6.16. The highest BCUT2D eigenvalue weighted by Crippen LogP contribution is 2.26. The van der Waals surface area contributed by atoms with E-state index in [4.69, 9.17) is 9.26 Å². The normalized spacial score (nSPS) is 14.8. The van der Waals surface area contributed by atoms with Crippen LogP contribution in [0.25, 0.3) is 0 Å². The smallest absolute Gasteiger partial charge is 0.245 e. The molecule has 0 radical (unpaired) electrons. The zero-order chi connectivity index (χ0) is 17.4. The van der Waals surface area contributed by atoms with Gasteiger partial charge in [0.25, 0.3) is 0 Å². The summed E-state index contributed by atoms with van der Waals surface area (Å²) in [5.41, 5.74) is 0. The number of carbonyl (C=O) groups is 2. The minimum absolute atomic E-state index is 0.0351. The fourth-order valence-electron chi connectivity index (χ4n) is 2.98. The molecule has 1 fully saturated rings. The summed E-state index contributed by atoms with van der Waals surface area (Å²) in [6, 6.07) is 1.65. The molecule has 1 aromatic heterocycles. The summed E-state index contributed by atoms with van der Waals surface area (Å²) in [5.74, 6) is 0.877. The average Bonchev–Trinajstić information content (AvgIpc) is 3.21. The van der Waals surface area contributed by atoms with Crippen molar-refractivity contribution in [1.82, 2.24) is 10.1 Å². The summed E-state index contributed by atoms with van der Waals surface area (Å²) in [4.78, 5) is 26.5. The third kappa shape index (κ3) is 5.63. The molecule has 1 aromatic rings. The fourth-order valence-corrected chi connectivity index (χ4v) is 2.98. The molecule has 7 heteroatoms. The molecule has 1 saturated carbocycles. The van der Waals surface area contributed by atoms with Gasteiger partial charge in [-0.1, -0.05) is 18.0 Å². The van der Waals surface area contributed by atoms with Gasteiger partial charge in [0.15, 0.2) is 5.82 Å². The third-order valence-corrected chi connectivity index (χ3v) is 4.17. The number of rotatable bonds is 9. The minimum atomic E-state index is -0.258. The lowest BCUT2D eigenvalue weighted by Gasteiger charge is -2.25. The molecular formula is C17H27N3O4. The van der Waals surface area contributed by atoms with E-state index in [1.165, 1.54) is 0 Å². The summed E-state index contributed by atoms with van der Waals surface area (Å²) < 4.78 is 10.3. The molecule has 2 rings (SSSR count). The van der Waals surface area contributed by atoms with Crippen LogP contribution in [0.2, 0.25) is 0 Å². The molecule has 0 aliphatic heterocycles. The number of aromatic nitrogens is 1. The van der Waals surface area contributed by atoms with E-state index in [0.29, 0.717) is 31.3 Å². The fraction of sp³-hybridized carbons (Fsp3) is 0.706. The zero-order valence-electron chi connectivity index (χ0n) is 14.5. The first-order valence-electron chi connectivity index (χ1n) is 8.70. The van der Waals surface area contributed by atoms with Crippen LogP contribution in [0, 0.1) is 12.8 Å². The summed E-state index contributed by atoms with van der Waals surface area (Å²) in [6.45, 7) is 5.51. The molecule has 0 spiro atoms. The Bertz CT molecular complexity index is 538. The molecule has 1 aliphatic rings. The minimum Gasteiger partial charge on any atom is -0.382 e. The largest absolute Gasteiger partial charge is 0.382 e. The average molecular weight is 337 g/mol. The van der Waals surface area contributed by atoms with Crippen molar-refractivity contribution in [3.05, 3.63) is 11.8 Å². The van der Waals surface area contributed by atoms with Crippen LogP contribution in [0.4, 0.5) is 5.82 Å². The number of hydrogen-bond donors (Lipinski definition) is 1. The first-order valence-corrected chi connectivity index (χ1v) is 8.70. The van der Waals surface area contributed by atoms with Gasteiger partial charge in [-0.25, -0.2) is 0 Å². The predicted molar refractivity (Wildman–Crippen MR) is 89.5 cm³/mol. The quantitative estimate of drug-likeness (QED) is 0.699. The van der Waals surface area contributed by atoms with E-state index in [1.807, 2.05) is 6.92 Å². The second-order valence-corrected chi connectivity index (χ2v) is 6.16. The lowest BCUT2D eigenvalue weighted by Crippen LogP contribution is -2.41. The van der Waals surface area contributed by atoms with Gasteiger partial charge >= 0.3 is 0 Å². The maximum Gasteiger partial charge on any atom is 0.245 e. The first-order chi connectivity index (χ1) is 11.6. The highest BCUT2D eigenvalue weighted by molar-refractivity contribution is 5.94. The van der Waals surface area contributed by atoms with Gasteiger partial charge in [-0.15, -0.1) is 0 Å². The summed E-state index contributed by atoms with van der Waals surface area (Å²) in [7, 11) is 0. The number of carbonyl (C=O) groups excluding carboxylic acids is 2. The molecule has 0 saturated heterocycles. The maximum absolute atomic E-state index is 12.7. The molecule has 134 valence electrons. The molecule has 0 atom stereocenters. The van der Waals surface area contributed by atoms with E-state index in [9.17, 15) is 9.59 Å². The third-order valence-electron chi connectivity index (χ3n) is 4.17. The number of hydrogen-bond acceptors (Lipinski definition) is 5. The highest BCUT2D eigenvalue weighted by atomic mass is 16.5. The Morgan fingerprint density at radius 2 is 2.17 bits per heavy atom. The molecule has 1 aliphatic carbocycles. The molecule has 1 heterocycles. The van der Waals surface area contributed by atoms with Crippen molar-refractivity contribution in [3.8, 4) is 0 Å². The number of nitrogens with one attached hydrogen (secondary N) is 1. The monoisotopic (exact) mass is 337 g/mol. The Labute approximate surface area is 142 Å². The van der Waals surface area contributed by atoms with Crippen LogP contribution in [0.15, 0.2) is 10.6 Å². The van der Waals surface area contributed by atoms with E-state index in [2.05, 4.69) is 10.5 Å². The molecule has 24 heavy (non-hydrogen) atoms. The molecule has 2 amide bonds. The number of ether oxygens (including phenoxy) is 1. The molecule has 0 bridgehead atoms. The molecule has 1 N–H and O–H groups in total. The van der Waals surface area contributed by atoms with E-state index >= 15 is 0 Å². The van der Waals surface area contributed by atoms with E-state index < -0.39 is 0 Å². The van der Waals surface area contributed by atoms with Crippen LogP contribution in [0.1, 0.15) is 44.8 Å². The highest BCUT2D eigenvalue weighted by Gasteiger charge is 2.28. The van der Waals surface area contributed by atoms with Crippen LogP contribution in [-0.2, 0) is 14.3 Å². The Hall–Kier alpha value is -1.89. The molecular weight excluding hydrogens is 310 g/mol. The Kier molecular flexibility index (Phi) is 7.24. The van der Waals surface area contributed by atoms with E-state index in [-0.39, 0.29) is 24.3 Å². The van der Waals surface area contributed by atoms with Crippen molar-refractivity contribution in [3.63, 3.8) is 0 Å². The van der Waals surface area contributed by atoms with Gasteiger partial charge in [-0.3, -0.25) is 9.59 Å². The van der Waals surface area contributed by atoms with E-state index in [1.54, 1.807) is 17.9 Å². The Morgan fingerprint density at radius 3 is 2.79 bits per heavy atom. The van der Waals surface area contributed by atoms with Crippen molar-refractivity contribution in [2.24, 2.45) is 5.92 Å². The topological polar surface area (TPSA) is 84.7 Å². The van der Waals surface area contributed by atoms with E-state index in [0.717, 1.165) is 32.1 Å². The predicted octanol–water partition coefficient (Wildman–Crippen LogP) is 2.37. The van der Waals surface area contributed by atoms with Gasteiger partial charge in [-0.05, 0) is 33.1 Å². The Balaban J connectivity index is 1.90. The number of nitrogens with zero attached hydrogens (tertiary/aromatic N) is 2. The second kappa shape index (κ2) is 9.42. The van der Waals surface area contributed by atoms with Gasteiger partial charge in [0.1, 0.15) is 5.76 Å². The first kappa shape index (κ1) is 18.4. The van der Waals surface area contributed by atoms with Gasteiger partial charge in [0.2, 0.25) is 11.8 Å². The molecule has 0 aromatic carbocycles. The summed E-state index contributed by atoms with van der Waals surface area (Å²) in [5, 5.41) is 6.41. The number of anilines is 1. The lowest BCUT2D eigenvalue weighted by molar-refractivity contribution is -0.138.